The van der Waals surface area contributed by atoms with Gasteiger partial charge in [-0.3, -0.25) is 4.72 Å². The van der Waals surface area contributed by atoms with Crippen molar-refractivity contribution >= 4 is 15.7 Å². The first kappa shape index (κ1) is 14.9. The van der Waals surface area contributed by atoms with Gasteiger partial charge in [0.15, 0.2) is 17.3 Å². The number of aromatic nitrogens is 1. The largest absolute Gasteiger partial charge is 0.477 e. The molecule has 0 amide bonds. The lowest BCUT2D eigenvalue weighted by Crippen LogP contribution is -2.15. The number of ether oxygens (including phenoxy) is 1. The first-order valence-electron chi connectivity index (χ1n) is 6.00. The van der Waals surface area contributed by atoms with Crippen LogP contribution in [-0.2, 0) is 10.0 Å². The number of hydrogen-bond acceptors (Lipinski definition) is 6. The standard InChI is InChI=1S/C13H13N3O4S/c1-9-13(10(2)20-15-9)21(17,18)16-11-5-3-4-6-12(11)19-8-7-14/h3-6,16H,8H2,1-2H3. The topological polar surface area (TPSA) is 105 Å². The Hall–Kier alpha value is -2.53. The molecule has 110 valence electrons. The third-order valence-electron chi connectivity index (χ3n) is 2.66. The Balaban J connectivity index is 2.36. The van der Waals surface area contributed by atoms with Gasteiger partial charge in [0.2, 0.25) is 0 Å². The van der Waals surface area contributed by atoms with Gasteiger partial charge in [0.05, 0.1) is 5.69 Å². The van der Waals surface area contributed by atoms with Crippen molar-refractivity contribution in [3.8, 4) is 11.8 Å². The summed E-state index contributed by atoms with van der Waals surface area (Å²) in [5, 5.41) is 12.2. The van der Waals surface area contributed by atoms with Gasteiger partial charge in [-0.1, -0.05) is 17.3 Å². The molecule has 1 aromatic heterocycles. The first-order valence-corrected chi connectivity index (χ1v) is 7.48. The molecule has 1 heterocycles. The van der Waals surface area contributed by atoms with Gasteiger partial charge in [0.1, 0.15) is 17.5 Å². The lowest BCUT2D eigenvalue weighted by atomic mass is 10.3. The molecule has 0 bridgehead atoms. The Morgan fingerprint density at radius 2 is 2.10 bits per heavy atom. The van der Waals surface area contributed by atoms with Gasteiger partial charge in [-0.15, -0.1) is 0 Å². The van der Waals surface area contributed by atoms with Crippen molar-refractivity contribution in [3.63, 3.8) is 0 Å². The van der Waals surface area contributed by atoms with Crippen LogP contribution in [0.1, 0.15) is 11.5 Å². The summed E-state index contributed by atoms with van der Waals surface area (Å²) in [6.45, 7) is 2.89. The normalized spacial score (nSPS) is 10.9. The van der Waals surface area contributed by atoms with E-state index in [9.17, 15) is 8.42 Å². The zero-order valence-corrected chi connectivity index (χ0v) is 12.3. The number of hydrogen-bond donors (Lipinski definition) is 1. The summed E-state index contributed by atoms with van der Waals surface area (Å²) < 4.78 is 37.3. The lowest BCUT2D eigenvalue weighted by Gasteiger charge is -2.11. The second-order valence-corrected chi connectivity index (χ2v) is 5.82. The molecule has 0 aliphatic carbocycles. The Kier molecular flexibility index (Phi) is 4.14. The molecular formula is C13H13N3O4S. The van der Waals surface area contributed by atoms with Gasteiger partial charge >= 0.3 is 0 Å². The van der Waals surface area contributed by atoms with Crippen molar-refractivity contribution in [2.24, 2.45) is 0 Å². The van der Waals surface area contributed by atoms with Crippen molar-refractivity contribution in [2.45, 2.75) is 18.7 Å². The molecule has 0 aliphatic rings. The van der Waals surface area contributed by atoms with Crippen LogP contribution >= 0.6 is 0 Å². The van der Waals surface area contributed by atoms with E-state index >= 15 is 0 Å². The SMILES string of the molecule is Cc1noc(C)c1S(=O)(=O)Nc1ccccc1OCC#N. The summed E-state index contributed by atoms with van der Waals surface area (Å²) in [4.78, 5) is -0.00223. The Morgan fingerprint density at radius 3 is 2.71 bits per heavy atom. The highest BCUT2D eigenvalue weighted by Crippen LogP contribution is 2.28. The van der Waals surface area contributed by atoms with Crippen LogP contribution < -0.4 is 9.46 Å². The minimum Gasteiger partial charge on any atom is -0.477 e. The number of nitrogens with one attached hydrogen (secondary N) is 1. The zero-order valence-electron chi connectivity index (χ0n) is 11.5. The van der Waals surface area contributed by atoms with E-state index in [4.69, 9.17) is 14.5 Å². The monoisotopic (exact) mass is 307 g/mol. The smallest absolute Gasteiger partial charge is 0.267 e. The van der Waals surface area contributed by atoms with Crippen molar-refractivity contribution < 1.29 is 17.7 Å². The van der Waals surface area contributed by atoms with E-state index in [-0.39, 0.29) is 34.4 Å². The fourth-order valence-electron chi connectivity index (χ4n) is 1.84. The van der Waals surface area contributed by atoms with E-state index in [1.807, 2.05) is 6.07 Å². The minimum absolute atomic E-state index is 0.00223. The molecule has 1 N–H and O–H groups in total. The van der Waals surface area contributed by atoms with E-state index in [1.165, 1.54) is 6.92 Å². The zero-order chi connectivity index (χ0) is 15.5. The summed E-state index contributed by atoms with van der Waals surface area (Å²) in [7, 11) is -3.85. The summed E-state index contributed by atoms with van der Waals surface area (Å²) in [5.41, 5.74) is 0.517. The molecule has 0 fully saturated rings. The van der Waals surface area contributed by atoms with Crippen LogP contribution in [0.4, 0.5) is 5.69 Å². The molecule has 1 aromatic carbocycles. The maximum atomic E-state index is 12.4. The second-order valence-electron chi connectivity index (χ2n) is 4.20. The van der Waals surface area contributed by atoms with E-state index in [0.29, 0.717) is 0 Å². The van der Waals surface area contributed by atoms with Gasteiger partial charge in [-0.05, 0) is 26.0 Å². The number of para-hydroxylation sites is 2. The van der Waals surface area contributed by atoms with Crippen LogP contribution in [0.25, 0.3) is 0 Å². The van der Waals surface area contributed by atoms with Gasteiger partial charge in [-0.25, -0.2) is 8.42 Å². The highest BCUT2D eigenvalue weighted by Gasteiger charge is 2.25. The number of nitriles is 1. The minimum atomic E-state index is -3.85. The number of nitrogens with zero attached hydrogens (tertiary/aromatic N) is 2. The second kappa shape index (κ2) is 5.85. The molecule has 8 heteroatoms. The molecule has 0 unspecified atom stereocenters. The van der Waals surface area contributed by atoms with Crippen LogP contribution in [0.3, 0.4) is 0 Å². The van der Waals surface area contributed by atoms with Gasteiger partial charge < -0.3 is 9.26 Å². The van der Waals surface area contributed by atoms with Crippen LogP contribution in [0.5, 0.6) is 5.75 Å². The molecule has 2 rings (SSSR count). The van der Waals surface area contributed by atoms with E-state index in [2.05, 4.69) is 9.88 Å². The maximum absolute atomic E-state index is 12.4. The van der Waals surface area contributed by atoms with Gasteiger partial charge in [-0.2, -0.15) is 5.26 Å². The summed E-state index contributed by atoms with van der Waals surface area (Å²) >= 11 is 0. The number of anilines is 1. The van der Waals surface area contributed by atoms with E-state index in [0.717, 1.165) is 0 Å². The highest BCUT2D eigenvalue weighted by molar-refractivity contribution is 7.92. The summed E-state index contributed by atoms with van der Waals surface area (Å²) in [6.07, 6.45) is 0. The average Bonchev–Trinajstić information content (AvgIpc) is 2.77. The molecule has 2 aromatic rings. The quantitative estimate of drug-likeness (QED) is 0.905. The number of sulfonamides is 1. The predicted octanol–water partition coefficient (Wildman–Crippen LogP) is 1.99. The van der Waals surface area contributed by atoms with Gasteiger partial charge in [0, 0.05) is 0 Å². The van der Waals surface area contributed by atoms with Crippen molar-refractivity contribution in [2.75, 3.05) is 11.3 Å². The first-order chi connectivity index (χ1) is 9.95. The van der Waals surface area contributed by atoms with Crippen LogP contribution in [0, 0.1) is 25.2 Å². The molecule has 0 saturated carbocycles. The molecule has 0 saturated heterocycles. The maximum Gasteiger partial charge on any atom is 0.267 e. The molecule has 0 radical (unpaired) electrons. The molecular weight excluding hydrogens is 294 g/mol. The van der Waals surface area contributed by atoms with Gasteiger partial charge in [0.25, 0.3) is 10.0 Å². The number of benzene rings is 1. The Labute approximate surface area is 122 Å². The Bertz CT molecular complexity index is 770. The number of aryl methyl sites for hydroxylation is 2. The highest BCUT2D eigenvalue weighted by atomic mass is 32.2. The van der Waals surface area contributed by atoms with E-state index in [1.54, 1.807) is 31.2 Å². The molecule has 0 spiro atoms. The van der Waals surface area contributed by atoms with Crippen LogP contribution in [0.15, 0.2) is 33.7 Å². The fourth-order valence-corrected chi connectivity index (χ4v) is 3.24. The lowest BCUT2D eigenvalue weighted by molar-refractivity contribution is 0.370. The molecule has 7 nitrogen and oxygen atoms in total. The summed E-state index contributed by atoms with van der Waals surface area (Å²) in [6, 6.07) is 8.28. The van der Waals surface area contributed by atoms with Crippen LogP contribution in [0.2, 0.25) is 0 Å². The third kappa shape index (κ3) is 3.14. The average molecular weight is 307 g/mol. The van der Waals surface area contributed by atoms with Crippen molar-refractivity contribution in [1.29, 1.82) is 5.26 Å². The van der Waals surface area contributed by atoms with Crippen LogP contribution in [-0.4, -0.2) is 20.2 Å². The number of rotatable bonds is 5. The molecule has 0 atom stereocenters. The summed E-state index contributed by atoms with van der Waals surface area (Å²) in [5.74, 6) is 0.477. The molecule has 21 heavy (non-hydrogen) atoms. The Morgan fingerprint density at radius 1 is 1.38 bits per heavy atom. The fraction of sp³-hybridized carbons (Fsp3) is 0.231. The molecule has 0 aliphatic heterocycles. The van der Waals surface area contributed by atoms with Crippen molar-refractivity contribution in [3.05, 3.63) is 35.7 Å². The third-order valence-corrected chi connectivity index (χ3v) is 4.27. The predicted molar refractivity (Wildman–Crippen MR) is 74.3 cm³/mol. The van der Waals surface area contributed by atoms with Crippen molar-refractivity contribution in [1.82, 2.24) is 5.16 Å². The van der Waals surface area contributed by atoms with E-state index < -0.39 is 10.0 Å².